The summed E-state index contributed by atoms with van der Waals surface area (Å²) in [6.07, 6.45) is -0.909. The topological polar surface area (TPSA) is 43.6 Å². The summed E-state index contributed by atoms with van der Waals surface area (Å²) in [5, 5.41) is 7.63. The Kier molecular flexibility index (Phi) is 3.68. The number of aromatic nitrogens is 4. The summed E-state index contributed by atoms with van der Waals surface area (Å²) in [5.74, 6) is 0.268. The minimum atomic E-state index is -2.60. The van der Waals surface area contributed by atoms with E-state index < -0.39 is 6.43 Å². The van der Waals surface area contributed by atoms with Crippen molar-refractivity contribution < 1.29 is 8.78 Å². The van der Waals surface area contributed by atoms with Gasteiger partial charge < -0.3 is 4.57 Å². The fourth-order valence-electron chi connectivity index (χ4n) is 1.26. The number of alkyl halides is 2. The van der Waals surface area contributed by atoms with Crippen LogP contribution in [0.3, 0.4) is 0 Å². The zero-order chi connectivity index (χ0) is 12.3. The Morgan fingerprint density at radius 2 is 2.18 bits per heavy atom. The standard InChI is InChI=1S/C10H10F2N4S/c1-16-9(8(11)12)14-15-10(16)17-6-7-4-2-3-5-13-7/h2-5,8H,6H2,1H3. The van der Waals surface area contributed by atoms with Crippen LogP contribution in [0.5, 0.6) is 0 Å². The van der Waals surface area contributed by atoms with Gasteiger partial charge in [-0.15, -0.1) is 10.2 Å². The molecule has 2 rings (SSSR count). The van der Waals surface area contributed by atoms with Crippen molar-refractivity contribution in [2.45, 2.75) is 17.3 Å². The van der Waals surface area contributed by atoms with E-state index in [1.807, 2.05) is 18.2 Å². The summed E-state index contributed by atoms with van der Waals surface area (Å²) in [7, 11) is 1.53. The molecule has 0 spiro atoms. The first kappa shape index (κ1) is 12.0. The summed E-state index contributed by atoms with van der Waals surface area (Å²) >= 11 is 1.33. The van der Waals surface area contributed by atoms with Gasteiger partial charge in [-0.05, 0) is 12.1 Å². The average Bonchev–Trinajstić information content (AvgIpc) is 2.69. The summed E-state index contributed by atoms with van der Waals surface area (Å²) in [6.45, 7) is 0. The van der Waals surface area contributed by atoms with Crippen LogP contribution in [0.25, 0.3) is 0 Å². The fraction of sp³-hybridized carbons (Fsp3) is 0.300. The van der Waals surface area contributed by atoms with Gasteiger partial charge in [-0.2, -0.15) is 0 Å². The third-order valence-corrected chi connectivity index (χ3v) is 3.19. The van der Waals surface area contributed by atoms with Gasteiger partial charge in [0.2, 0.25) is 5.82 Å². The molecule has 0 aliphatic carbocycles. The molecule has 0 aliphatic heterocycles. The van der Waals surface area contributed by atoms with E-state index in [9.17, 15) is 8.78 Å². The van der Waals surface area contributed by atoms with Crippen molar-refractivity contribution in [3.8, 4) is 0 Å². The molecule has 0 saturated heterocycles. The third kappa shape index (κ3) is 2.79. The van der Waals surface area contributed by atoms with Crippen LogP contribution in [-0.2, 0) is 12.8 Å². The Morgan fingerprint density at radius 1 is 1.35 bits per heavy atom. The highest BCUT2D eigenvalue weighted by Gasteiger charge is 2.17. The van der Waals surface area contributed by atoms with Crippen molar-refractivity contribution >= 4 is 11.8 Å². The summed E-state index contributed by atoms with van der Waals surface area (Å²) in [5.41, 5.74) is 0.874. The van der Waals surface area contributed by atoms with Crippen molar-refractivity contribution in [1.29, 1.82) is 0 Å². The molecule has 90 valence electrons. The van der Waals surface area contributed by atoms with E-state index in [1.165, 1.54) is 23.4 Å². The lowest BCUT2D eigenvalue weighted by molar-refractivity contribution is 0.135. The second-order valence-electron chi connectivity index (χ2n) is 3.31. The van der Waals surface area contributed by atoms with Crippen LogP contribution in [-0.4, -0.2) is 19.7 Å². The Morgan fingerprint density at radius 3 is 2.76 bits per heavy atom. The largest absolute Gasteiger partial charge is 0.304 e. The maximum Gasteiger partial charge on any atom is 0.297 e. The second kappa shape index (κ2) is 5.22. The van der Waals surface area contributed by atoms with Crippen LogP contribution in [0, 0.1) is 0 Å². The molecule has 2 aromatic heterocycles. The first-order chi connectivity index (χ1) is 8.18. The SMILES string of the molecule is Cn1c(SCc2ccccn2)nnc1C(F)F. The monoisotopic (exact) mass is 256 g/mol. The van der Waals surface area contributed by atoms with Crippen LogP contribution in [0.4, 0.5) is 8.78 Å². The first-order valence-corrected chi connectivity index (χ1v) is 5.87. The molecular formula is C10H10F2N4S. The van der Waals surface area contributed by atoms with Crippen molar-refractivity contribution in [2.24, 2.45) is 7.05 Å². The molecule has 2 aromatic rings. The lowest BCUT2D eigenvalue weighted by atomic mass is 10.4. The second-order valence-corrected chi connectivity index (χ2v) is 4.25. The lowest BCUT2D eigenvalue weighted by Crippen LogP contribution is -1.99. The van der Waals surface area contributed by atoms with Gasteiger partial charge in [-0.3, -0.25) is 4.98 Å². The molecule has 0 fully saturated rings. The molecule has 0 saturated carbocycles. The molecule has 4 nitrogen and oxygen atoms in total. The molecule has 0 unspecified atom stereocenters. The number of hydrogen-bond acceptors (Lipinski definition) is 4. The summed E-state index contributed by atoms with van der Waals surface area (Å²) in [4.78, 5) is 4.14. The highest BCUT2D eigenvalue weighted by atomic mass is 32.2. The molecular weight excluding hydrogens is 246 g/mol. The zero-order valence-corrected chi connectivity index (χ0v) is 9.86. The minimum Gasteiger partial charge on any atom is -0.304 e. The molecule has 0 aromatic carbocycles. The van der Waals surface area contributed by atoms with Gasteiger partial charge in [0.05, 0.1) is 5.69 Å². The van der Waals surface area contributed by atoms with Gasteiger partial charge in [-0.1, -0.05) is 17.8 Å². The maximum absolute atomic E-state index is 12.5. The molecule has 17 heavy (non-hydrogen) atoms. The summed E-state index contributed by atoms with van der Waals surface area (Å²) in [6, 6.07) is 5.58. The number of halogens is 2. The van der Waals surface area contributed by atoms with E-state index in [0.717, 1.165) is 5.69 Å². The van der Waals surface area contributed by atoms with Gasteiger partial charge in [0, 0.05) is 19.0 Å². The highest BCUT2D eigenvalue weighted by molar-refractivity contribution is 7.98. The first-order valence-electron chi connectivity index (χ1n) is 4.88. The van der Waals surface area contributed by atoms with Crippen molar-refractivity contribution in [1.82, 2.24) is 19.7 Å². The smallest absolute Gasteiger partial charge is 0.297 e. The van der Waals surface area contributed by atoms with E-state index in [0.29, 0.717) is 10.9 Å². The summed E-state index contributed by atoms with van der Waals surface area (Å²) < 4.78 is 26.2. The van der Waals surface area contributed by atoms with E-state index in [-0.39, 0.29) is 5.82 Å². The Labute approximate surface area is 101 Å². The van der Waals surface area contributed by atoms with E-state index >= 15 is 0 Å². The van der Waals surface area contributed by atoms with Gasteiger partial charge in [0.25, 0.3) is 6.43 Å². The predicted molar refractivity (Wildman–Crippen MR) is 59.8 cm³/mol. The van der Waals surface area contributed by atoms with Crippen molar-refractivity contribution in [3.05, 3.63) is 35.9 Å². The Hall–Kier alpha value is -1.50. The van der Waals surface area contributed by atoms with Crippen molar-refractivity contribution in [2.75, 3.05) is 0 Å². The number of thioether (sulfide) groups is 1. The zero-order valence-electron chi connectivity index (χ0n) is 9.05. The van der Waals surface area contributed by atoms with Crippen LogP contribution in [0.15, 0.2) is 29.6 Å². The number of hydrogen-bond donors (Lipinski definition) is 0. The van der Waals surface area contributed by atoms with E-state index in [4.69, 9.17) is 0 Å². The van der Waals surface area contributed by atoms with Gasteiger partial charge in [0.1, 0.15) is 0 Å². The number of rotatable bonds is 4. The fourth-order valence-corrected chi connectivity index (χ4v) is 2.10. The normalized spacial score (nSPS) is 11.1. The predicted octanol–water partition coefficient (Wildman–Crippen LogP) is 2.44. The number of pyridine rings is 1. The molecule has 0 N–H and O–H groups in total. The maximum atomic E-state index is 12.5. The van der Waals surface area contributed by atoms with Crippen LogP contribution < -0.4 is 0 Å². The van der Waals surface area contributed by atoms with E-state index in [2.05, 4.69) is 15.2 Å². The van der Waals surface area contributed by atoms with E-state index in [1.54, 1.807) is 6.20 Å². The van der Waals surface area contributed by atoms with Gasteiger partial charge >= 0.3 is 0 Å². The highest BCUT2D eigenvalue weighted by Crippen LogP contribution is 2.23. The molecule has 2 heterocycles. The third-order valence-electron chi connectivity index (χ3n) is 2.14. The average molecular weight is 256 g/mol. The van der Waals surface area contributed by atoms with Crippen molar-refractivity contribution in [3.63, 3.8) is 0 Å². The minimum absolute atomic E-state index is 0.312. The molecule has 0 atom stereocenters. The Bertz CT molecular complexity index is 486. The molecule has 0 radical (unpaired) electrons. The lowest BCUT2D eigenvalue weighted by Gasteiger charge is -2.02. The molecule has 7 heteroatoms. The Balaban J connectivity index is 2.05. The van der Waals surface area contributed by atoms with Crippen LogP contribution in [0.2, 0.25) is 0 Å². The van der Waals surface area contributed by atoms with Gasteiger partial charge in [-0.25, -0.2) is 8.78 Å². The van der Waals surface area contributed by atoms with Crippen LogP contribution in [0.1, 0.15) is 17.9 Å². The molecule has 0 aliphatic rings. The van der Waals surface area contributed by atoms with Crippen LogP contribution >= 0.6 is 11.8 Å². The van der Waals surface area contributed by atoms with Gasteiger partial charge in [0.15, 0.2) is 5.16 Å². The quantitative estimate of drug-likeness (QED) is 0.788. The number of nitrogens with zero attached hydrogens (tertiary/aromatic N) is 4. The molecule has 0 amide bonds. The molecule has 0 bridgehead atoms.